The fourth-order valence-corrected chi connectivity index (χ4v) is 3.11. The maximum atomic E-state index is 11.1. The molecule has 1 aliphatic rings. The third kappa shape index (κ3) is 4.66. The fourth-order valence-electron chi connectivity index (χ4n) is 3.11. The number of ether oxygens (including phenoxy) is 1. The molecule has 1 N–H and O–H groups in total. The molecule has 0 heterocycles. The maximum absolute atomic E-state index is 11.1. The normalized spacial score (nSPS) is 29.9. The van der Waals surface area contributed by atoms with Crippen LogP contribution in [-0.2, 0) is 9.53 Å². The molecule has 1 rings (SSSR count). The van der Waals surface area contributed by atoms with Crippen molar-refractivity contribution in [3.63, 3.8) is 0 Å². The first kappa shape index (κ1) is 14.5. The van der Waals surface area contributed by atoms with Gasteiger partial charge in [0.2, 0.25) is 0 Å². The van der Waals surface area contributed by atoms with Crippen LogP contribution < -0.4 is 0 Å². The van der Waals surface area contributed by atoms with E-state index >= 15 is 0 Å². The topological polar surface area (TPSA) is 46.5 Å². The summed E-state index contributed by atoms with van der Waals surface area (Å²) in [5, 5.41) is 9.11. The lowest BCUT2D eigenvalue weighted by Gasteiger charge is -2.39. The van der Waals surface area contributed by atoms with Crippen molar-refractivity contribution in [3.05, 3.63) is 0 Å². The summed E-state index contributed by atoms with van der Waals surface area (Å²) < 4.78 is 5.80. The van der Waals surface area contributed by atoms with Crippen molar-refractivity contribution < 1.29 is 14.6 Å². The first-order valence-electron chi connectivity index (χ1n) is 6.72. The predicted octanol–water partition coefficient (Wildman–Crippen LogP) is 3.47. The molecular formula is C14H26O3. The van der Waals surface area contributed by atoms with Crippen LogP contribution in [-0.4, -0.2) is 23.3 Å². The Morgan fingerprint density at radius 3 is 2.59 bits per heavy atom. The van der Waals surface area contributed by atoms with Gasteiger partial charge in [-0.1, -0.05) is 34.1 Å². The Morgan fingerprint density at radius 1 is 1.47 bits per heavy atom. The highest BCUT2D eigenvalue weighted by Crippen LogP contribution is 2.40. The van der Waals surface area contributed by atoms with Crippen molar-refractivity contribution in [3.8, 4) is 0 Å². The average Bonchev–Trinajstić information content (AvgIpc) is 2.13. The summed E-state index contributed by atoms with van der Waals surface area (Å²) in [4.78, 5) is 11.1. The van der Waals surface area contributed by atoms with Gasteiger partial charge in [-0.15, -0.1) is 0 Å². The number of carbonyl (C=O) groups is 1. The maximum Gasteiger partial charge on any atom is 0.332 e. The van der Waals surface area contributed by atoms with E-state index in [2.05, 4.69) is 20.8 Å². The van der Waals surface area contributed by atoms with Crippen LogP contribution in [0.4, 0.5) is 0 Å². The third-order valence-electron chi connectivity index (χ3n) is 3.53. The zero-order chi connectivity index (χ0) is 13.1. The van der Waals surface area contributed by atoms with Crippen LogP contribution in [0, 0.1) is 11.3 Å². The van der Waals surface area contributed by atoms with E-state index in [4.69, 9.17) is 9.84 Å². The lowest BCUT2D eigenvalue weighted by atomic mass is 9.71. The number of aliphatic carboxylic acids is 1. The first-order chi connectivity index (χ1) is 7.84. The summed E-state index contributed by atoms with van der Waals surface area (Å²) >= 11 is 0. The van der Waals surface area contributed by atoms with Crippen molar-refractivity contribution in [2.45, 2.75) is 72.0 Å². The Labute approximate surface area is 105 Å². The van der Waals surface area contributed by atoms with Crippen LogP contribution >= 0.6 is 0 Å². The fraction of sp³-hybridized carbons (Fsp3) is 0.929. The van der Waals surface area contributed by atoms with Gasteiger partial charge in [0.25, 0.3) is 0 Å². The van der Waals surface area contributed by atoms with Gasteiger partial charge in [-0.2, -0.15) is 0 Å². The molecule has 1 saturated carbocycles. The van der Waals surface area contributed by atoms with E-state index in [1.54, 1.807) is 0 Å². The number of hydrogen-bond acceptors (Lipinski definition) is 2. The van der Waals surface area contributed by atoms with Crippen molar-refractivity contribution in [2.75, 3.05) is 0 Å². The molecule has 3 unspecified atom stereocenters. The summed E-state index contributed by atoms with van der Waals surface area (Å²) in [6.07, 6.45) is 4.14. The largest absolute Gasteiger partial charge is 0.479 e. The van der Waals surface area contributed by atoms with E-state index in [0.717, 1.165) is 19.3 Å². The average molecular weight is 242 g/mol. The Hall–Kier alpha value is -0.570. The molecule has 3 heteroatoms. The van der Waals surface area contributed by atoms with Crippen molar-refractivity contribution >= 4 is 5.97 Å². The van der Waals surface area contributed by atoms with Crippen molar-refractivity contribution in [1.82, 2.24) is 0 Å². The minimum absolute atomic E-state index is 0.112. The molecule has 3 nitrogen and oxygen atoms in total. The summed E-state index contributed by atoms with van der Waals surface area (Å²) in [6.45, 7) is 8.71. The van der Waals surface area contributed by atoms with Gasteiger partial charge < -0.3 is 9.84 Å². The second kappa shape index (κ2) is 5.85. The lowest BCUT2D eigenvalue weighted by molar-refractivity contribution is -0.159. The second-order valence-corrected chi connectivity index (χ2v) is 6.29. The van der Waals surface area contributed by atoms with Crippen LogP contribution in [0.5, 0.6) is 0 Å². The molecule has 0 amide bonds. The molecule has 1 aliphatic carbocycles. The van der Waals surface area contributed by atoms with Crippen molar-refractivity contribution in [1.29, 1.82) is 0 Å². The molecule has 0 aromatic carbocycles. The second-order valence-electron chi connectivity index (χ2n) is 6.29. The highest BCUT2D eigenvalue weighted by atomic mass is 16.5. The molecule has 0 saturated heterocycles. The summed E-state index contributed by atoms with van der Waals surface area (Å²) in [6, 6.07) is 0. The van der Waals surface area contributed by atoms with Gasteiger partial charge >= 0.3 is 5.97 Å². The van der Waals surface area contributed by atoms with E-state index in [1.165, 1.54) is 6.42 Å². The Morgan fingerprint density at radius 2 is 2.12 bits per heavy atom. The highest BCUT2D eigenvalue weighted by molar-refractivity contribution is 5.72. The highest BCUT2D eigenvalue weighted by Gasteiger charge is 2.34. The monoisotopic (exact) mass is 242 g/mol. The summed E-state index contributed by atoms with van der Waals surface area (Å²) in [5.74, 6) is -0.192. The zero-order valence-corrected chi connectivity index (χ0v) is 11.5. The number of carboxylic acid groups (broad SMARTS) is 1. The van der Waals surface area contributed by atoms with E-state index in [0.29, 0.717) is 12.3 Å². The first-order valence-corrected chi connectivity index (χ1v) is 6.72. The number of rotatable bonds is 5. The predicted molar refractivity (Wildman–Crippen MR) is 68.0 cm³/mol. The number of carboxylic acids is 1. The van der Waals surface area contributed by atoms with Gasteiger partial charge in [-0.25, -0.2) is 4.79 Å². The van der Waals surface area contributed by atoms with Gasteiger partial charge in [0.15, 0.2) is 6.10 Å². The summed E-state index contributed by atoms with van der Waals surface area (Å²) in [5.41, 5.74) is 0.275. The van der Waals surface area contributed by atoms with Crippen molar-refractivity contribution in [2.24, 2.45) is 11.3 Å². The molecule has 0 spiro atoms. The Bertz CT molecular complexity index is 260. The minimum atomic E-state index is -0.817. The molecule has 0 aromatic heterocycles. The third-order valence-corrected chi connectivity index (χ3v) is 3.53. The van der Waals surface area contributed by atoms with Gasteiger partial charge in [0.1, 0.15) is 0 Å². The SMILES string of the molecule is CCCC(OC1CC(C)CC(C)(C)C1)C(=O)O. The molecular weight excluding hydrogens is 216 g/mol. The molecule has 1 fully saturated rings. The van der Waals surface area contributed by atoms with E-state index in [-0.39, 0.29) is 11.5 Å². The van der Waals surface area contributed by atoms with E-state index in [1.807, 2.05) is 6.92 Å². The standard InChI is InChI=1S/C14H26O3/c1-5-6-12(13(15)16)17-11-7-10(2)8-14(3,4)9-11/h10-12H,5-9H2,1-4H3,(H,15,16). The quantitative estimate of drug-likeness (QED) is 0.803. The van der Waals surface area contributed by atoms with Crippen LogP contribution in [0.3, 0.4) is 0 Å². The van der Waals surface area contributed by atoms with Gasteiger partial charge in [0, 0.05) is 0 Å². The smallest absolute Gasteiger partial charge is 0.332 e. The van der Waals surface area contributed by atoms with Gasteiger partial charge in [-0.3, -0.25) is 0 Å². The Kier molecular flexibility index (Phi) is 4.99. The molecule has 0 radical (unpaired) electrons. The molecule has 0 aliphatic heterocycles. The Balaban J connectivity index is 2.57. The van der Waals surface area contributed by atoms with Gasteiger partial charge in [-0.05, 0) is 37.0 Å². The van der Waals surface area contributed by atoms with Gasteiger partial charge in [0.05, 0.1) is 6.10 Å². The van der Waals surface area contributed by atoms with Crippen LogP contribution in [0.25, 0.3) is 0 Å². The summed E-state index contributed by atoms with van der Waals surface area (Å²) in [7, 11) is 0. The van der Waals surface area contributed by atoms with E-state index < -0.39 is 12.1 Å². The molecule has 0 aromatic rings. The number of hydrogen-bond donors (Lipinski definition) is 1. The van der Waals surface area contributed by atoms with E-state index in [9.17, 15) is 4.79 Å². The minimum Gasteiger partial charge on any atom is -0.479 e. The molecule has 17 heavy (non-hydrogen) atoms. The molecule has 3 atom stereocenters. The van der Waals surface area contributed by atoms with Crippen LogP contribution in [0.2, 0.25) is 0 Å². The zero-order valence-electron chi connectivity index (χ0n) is 11.5. The molecule has 100 valence electrons. The molecule has 0 bridgehead atoms. The lowest BCUT2D eigenvalue weighted by Crippen LogP contribution is -2.37. The van der Waals surface area contributed by atoms with Crippen LogP contribution in [0.1, 0.15) is 59.8 Å². The van der Waals surface area contributed by atoms with Crippen LogP contribution in [0.15, 0.2) is 0 Å².